The molecule has 0 aliphatic carbocycles. The van der Waals surface area contributed by atoms with Crippen LogP contribution in [-0.2, 0) is 0 Å². The van der Waals surface area contributed by atoms with Crippen molar-refractivity contribution in [3.63, 3.8) is 0 Å². The van der Waals surface area contributed by atoms with Crippen LogP contribution < -0.4 is 10.1 Å². The lowest BCUT2D eigenvalue weighted by Crippen LogP contribution is -2.14. The Bertz CT molecular complexity index is 555. The van der Waals surface area contributed by atoms with Crippen molar-refractivity contribution in [1.29, 1.82) is 0 Å². The molecule has 0 spiro atoms. The number of methoxy groups -OCH3 is 1. The number of hydrogen-bond donors (Lipinski definition) is 1. The summed E-state index contributed by atoms with van der Waals surface area (Å²) >= 11 is 0. The highest BCUT2D eigenvalue weighted by atomic mass is 16.5. The van der Waals surface area contributed by atoms with Gasteiger partial charge in [-0.3, -0.25) is 4.79 Å². The summed E-state index contributed by atoms with van der Waals surface area (Å²) in [5.41, 5.74) is 1.00. The van der Waals surface area contributed by atoms with E-state index in [0.29, 0.717) is 11.7 Å². The summed E-state index contributed by atoms with van der Waals surface area (Å²) in [7, 11) is 1.50. The number of carbonyl (C=O) groups is 1. The number of benzene rings is 1. The normalized spacial score (nSPS) is 9.89. The van der Waals surface area contributed by atoms with Gasteiger partial charge in [0.1, 0.15) is 11.5 Å². The first-order chi connectivity index (χ1) is 8.69. The monoisotopic (exact) mass is 243 g/mol. The Hall–Kier alpha value is -2.43. The molecule has 5 heteroatoms. The first-order valence-corrected chi connectivity index (χ1v) is 5.45. The van der Waals surface area contributed by atoms with Gasteiger partial charge in [0.15, 0.2) is 0 Å². The molecular formula is C13H13N3O2. The van der Waals surface area contributed by atoms with Crippen molar-refractivity contribution in [3.8, 4) is 5.88 Å². The molecule has 0 fully saturated rings. The highest BCUT2D eigenvalue weighted by molar-refractivity contribution is 6.02. The number of ether oxygens (including phenoxy) is 1. The van der Waals surface area contributed by atoms with E-state index in [-0.39, 0.29) is 11.6 Å². The predicted octanol–water partition coefficient (Wildman–Crippen LogP) is 2.05. The zero-order chi connectivity index (χ0) is 13.0. The minimum Gasteiger partial charge on any atom is -0.481 e. The number of anilines is 1. The summed E-state index contributed by atoms with van der Waals surface area (Å²) in [5.74, 6) is 0.582. The van der Waals surface area contributed by atoms with Crippen LogP contribution in [0.2, 0.25) is 0 Å². The van der Waals surface area contributed by atoms with Crippen LogP contribution in [0.4, 0.5) is 5.69 Å². The lowest BCUT2D eigenvalue weighted by Gasteiger charge is -2.06. The number of nitrogens with one attached hydrogen (secondary N) is 1. The molecule has 0 radical (unpaired) electrons. The molecule has 1 aromatic heterocycles. The van der Waals surface area contributed by atoms with Gasteiger partial charge in [-0.2, -0.15) is 4.98 Å². The molecule has 0 bridgehead atoms. The molecule has 0 saturated carbocycles. The summed E-state index contributed by atoms with van der Waals surface area (Å²) in [5, 5.41) is 2.75. The standard InChI is InChI=1S/C13H13N3O2/c1-9-14-11(8-12(15-9)18-2)13(17)16-10-6-4-3-5-7-10/h3-8H,1-2H3,(H,16,17). The van der Waals surface area contributed by atoms with E-state index in [9.17, 15) is 4.79 Å². The van der Waals surface area contributed by atoms with Crippen LogP contribution in [0.3, 0.4) is 0 Å². The van der Waals surface area contributed by atoms with Crippen molar-refractivity contribution in [2.75, 3.05) is 12.4 Å². The van der Waals surface area contributed by atoms with Gasteiger partial charge >= 0.3 is 0 Å². The Morgan fingerprint density at radius 1 is 1.22 bits per heavy atom. The lowest BCUT2D eigenvalue weighted by atomic mass is 10.3. The third kappa shape index (κ3) is 2.82. The molecule has 0 atom stereocenters. The van der Waals surface area contributed by atoms with Gasteiger partial charge in [-0.1, -0.05) is 18.2 Å². The molecule has 2 aromatic rings. The molecule has 1 heterocycles. The van der Waals surface area contributed by atoms with Gasteiger partial charge in [0.2, 0.25) is 5.88 Å². The second-order valence-electron chi connectivity index (χ2n) is 3.66. The summed E-state index contributed by atoms with van der Waals surface area (Å²) in [6, 6.07) is 10.7. The average Bonchev–Trinajstić information content (AvgIpc) is 2.39. The third-order valence-corrected chi connectivity index (χ3v) is 2.29. The van der Waals surface area contributed by atoms with Gasteiger partial charge in [0, 0.05) is 11.8 Å². The number of aryl methyl sites for hydroxylation is 1. The van der Waals surface area contributed by atoms with E-state index in [0.717, 1.165) is 5.69 Å². The minimum absolute atomic E-state index is 0.281. The number of amides is 1. The van der Waals surface area contributed by atoms with E-state index in [1.807, 2.05) is 30.3 Å². The summed E-state index contributed by atoms with van der Waals surface area (Å²) in [6.07, 6.45) is 0. The fourth-order valence-corrected chi connectivity index (χ4v) is 1.48. The topological polar surface area (TPSA) is 64.1 Å². The molecular weight excluding hydrogens is 230 g/mol. The van der Waals surface area contributed by atoms with Gasteiger partial charge in [-0.05, 0) is 19.1 Å². The van der Waals surface area contributed by atoms with Crippen molar-refractivity contribution >= 4 is 11.6 Å². The lowest BCUT2D eigenvalue weighted by molar-refractivity contribution is 0.102. The van der Waals surface area contributed by atoms with E-state index in [1.54, 1.807) is 6.92 Å². The van der Waals surface area contributed by atoms with Gasteiger partial charge < -0.3 is 10.1 Å². The first kappa shape index (κ1) is 12.0. The summed E-state index contributed by atoms with van der Waals surface area (Å²) in [6.45, 7) is 1.71. The van der Waals surface area contributed by atoms with Crippen molar-refractivity contribution in [1.82, 2.24) is 9.97 Å². The third-order valence-electron chi connectivity index (χ3n) is 2.29. The Morgan fingerprint density at radius 3 is 2.61 bits per heavy atom. The number of carbonyl (C=O) groups excluding carboxylic acids is 1. The fourth-order valence-electron chi connectivity index (χ4n) is 1.48. The maximum Gasteiger partial charge on any atom is 0.274 e. The van der Waals surface area contributed by atoms with Crippen LogP contribution in [-0.4, -0.2) is 23.0 Å². The highest BCUT2D eigenvalue weighted by Crippen LogP contribution is 2.11. The van der Waals surface area contributed by atoms with Gasteiger partial charge in [0.25, 0.3) is 5.91 Å². The Labute approximate surface area is 105 Å². The second kappa shape index (κ2) is 5.27. The molecule has 1 aromatic carbocycles. The predicted molar refractivity (Wildman–Crippen MR) is 67.7 cm³/mol. The quantitative estimate of drug-likeness (QED) is 0.896. The van der Waals surface area contributed by atoms with Crippen LogP contribution in [0.15, 0.2) is 36.4 Å². The van der Waals surface area contributed by atoms with Crippen molar-refractivity contribution < 1.29 is 9.53 Å². The largest absolute Gasteiger partial charge is 0.481 e. The van der Waals surface area contributed by atoms with Gasteiger partial charge in [-0.25, -0.2) is 4.98 Å². The van der Waals surface area contributed by atoms with Gasteiger partial charge in [-0.15, -0.1) is 0 Å². The van der Waals surface area contributed by atoms with E-state index < -0.39 is 0 Å². The highest BCUT2D eigenvalue weighted by Gasteiger charge is 2.10. The van der Waals surface area contributed by atoms with E-state index in [1.165, 1.54) is 13.2 Å². The van der Waals surface area contributed by atoms with E-state index in [2.05, 4.69) is 15.3 Å². The minimum atomic E-state index is -0.287. The zero-order valence-electron chi connectivity index (χ0n) is 10.2. The molecule has 0 saturated heterocycles. The molecule has 5 nitrogen and oxygen atoms in total. The van der Waals surface area contributed by atoms with E-state index >= 15 is 0 Å². The smallest absolute Gasteiger partial charge is 0.274 e. The molecule has 92 valence electrons. The van der Waals surface area contributed by atoms with Crippen LogP contribution in [0.25, 0.3) is 0 Å². The van der Waals surface area contributed by atoms with Crippen LogP contribution >= 0.6 is 0 Å². The van der Waals surface area contributed by atoms with Crippen LogP contribution in [0.1, 0.15) is 16.3 Å². The summed E-state index contributed by atoms with van der Waals surface area (Å²) < 4.78 is 5.00. The molecule has 0 aliphatic rings. The molecule has 1 amide bonds. The fraction of sp³-hybridized carbons (Fsp3) is 0.154. The Morgan fingerprint density at radius 2 is 1.94 bits per heavy atom. The molecule has 2 rings (SSSR count). The van der Waals surface area contributed by atoms with Crippen LogP contribution in [0.5, 0.6) is 5.88 Å². The molecule has 0 aliphatic heterocycles. The maximum atomic E-state index is 12.0. The van der Waals surface area contributed by atoms with Gasteiger partial charge in [0.05, 0.1) is 7.11 Å². The number of nitrogens with zero attached hydrogens (tertiary/aromatic N) is 2. The van der Waals surface area contributed by atoms with E-state index in [4.69, 9.17) is 4.74 Å². The zero-order valence-corrected chi connectivity index (χ0v) is 10.2. The number of aromatic nitrogens is 2. The first-order valence-electron chi connectivity index (χ1n) is 5.45. The molecule has 18 heavy (non-hydrogen) atoms. The maximum absolute atomic E-state index is 12.0. The second-order valence-corrected chi connectivity index (χ2v) is 3.66. The number of hydrogen-bond acceptors (Lipinski definition) is 4. The number of rotatable bonds is 3. The van der Waals surface area contributed by atoms with Crippen molar-refractivity contribution in [2.45, 2.75) is 6.92 Å². The average molecular weight is 243 g/mol. The molecule has 1 N–H and O–H groups in total. The number of para-hydroxylation sites is 1. The van der Waals surface area contributed by atoms with Crippen LogP contribution in [0, 0.1) is 6.92 Å². The molecule has 0 unspecified atom stereocenters. The Balaban J connectivity index is 2.21. The Kier molecular flexibility index (Phi) is 3.52. The SMILES string of the molecule is COc1cc(C(=O)Nc2ccccc2)nc(C)n1. The summed E-state index contributed by atoms with van der Waals surface area (Å²) in [4.78, 5) is 20.1. The van der Waals surface area contributed by atoms with Crippen molar-refractivity contribution in [3.05, 3.63) is 47.9 Å². The van der Waals surface area contributed by atoms with Crippen molar-refractivity contribution in [2.24, 2.45) is 0 Å².